The molecule has 0 spiro atoms. The van der Waals surface area contributed by atoms with Gasteiger partial charge in [0, 0.05) is 0 Å². The largest absolute Gasteiger partial charge is 0.481 e. The van der Waals surface area contributed by atoms with Crippen LogP contribution in [0.1, 0.15) is 147 Å². The van der Waals surface area contributed by atoms with E-state index in [9.17, 15) is 88.2 Å². The summed E-state index contributed by atoms with van der Waals surface area (Å²) in [5.41, 5.74) is 17.7. The van der Waals surface area contributed by atoms with E-state index in [-0.39, 0.29) is 45.3 Å². The quantitative estimate of drug-likeness (QED) is 0.0156. The number of nitrogens with two attached hydrogens (primary N) is 3. The molecular weight excluding hydrogens is 1200 g/mol. The predicted octanol–water partition coefficient (Wildman–Crippen LogP) is -3.24. The summed E-state index contributed by atoms with van der Waals surface area (Å²) < 4.78 is 5.33. The lowest BCUT2D eigenvalue weighted by Gasteiger charge is -2.28. The molecule has 2 rings (SSSR count). The minimum absolute atomic E-state index is 0.118. The molecule has 90 heavy (non-hydrogen) atoms. The van der Waals surface area contributed by atoms with Gasteiger partial charge in [0.15, 0.2) is 12.1 Å². The van der Waals surface area contributed by atoms with Crippen LogP contribution in [0.2, 0.25) is 0 Å². The van der Waals surface area contributed by atoms with E-state index in [4.69, 9.17) is 33.5 Å². The Labute approximate surface area is 527 Å². The molecule has 31 nitrogen and oxygen atoms in total. The van der Waals surface area contributed by atoms with Crippen LogP contribution in [-0.2, 0) is 68.7 Å². The number of carboxylic acid groups (broad SMARTS) is 2. The third-order valence-electron chi connectivity index (χ3n) is 14.4. The molecule has 0 radical (unpaired) electrons. The molecule has 0 bridgehead atoms. The van der Waals surface area contributed by atoms with Gasteiger partial charge in [0.05, 0.1) is 37.0 Å². The van der Waals surface area contributed by atoms with E-state index in [0.717, 1.165) is 50.7 Å². The molecule has 1 aromatic carbocycles. The number of hydrogen-bond acceptors (Lipinski definition) is 20. The van der Waals surface area contributed by atoms with Crippen molar-refractivity contribution in [3.63, 3.8) is 0 Å². The summed E-state index contributed by atoms with van der Waals surface area (Å²) in [4.78, 5) is 164. The monoisotopic (exact) mass is 1300 g/mol. The van der Waals surface area contributed by atoms with Gasteiger partial charge in [0.25, 0.3) is 5.91 Å². The maximum atomic E-state index is 14.3. The first-order chi connectivity index (χ1) is 42.8. The number of aliphatic carboxylic acids is 2. The number of nitrogens with one attached hydrogen (secondary N) is 9. The number of amides is 9. The minimum atomic E-state index is -2.84. The number of aliphatic hydroxyl groups excluding tert-OH is 4. The van der Waals surface area contributed by atoms with Crippen LogP contribution in [0.5, 0.6) is 0 Å². The maximum absolute atomic E-state index is 14.3. The molecular formula is C58H93ClN12O19. The van der Waals surface area contributed by atoms with Crippen molar-refractivity contribution in [1.82, 2.24) is 47.9 Å². The molecule has 1 unspecified atom stereocenters. The van der Waals surface area contributed by atoms with Crippen molar-refractivity contribution >= 4 is 82.7 Å². The van der Waals surface area contributed by atoms with Gasteiger partial charge in [-0.3, -0.25) is 47.9 Å². The number of aliphatic hydroxyl groups is 4. The van der Waals surface area contributed by atoms with Crippen LogP contribution in [0.25, 0.3) is 0 Å². The van der Waals surface area contributed by atoms with Crippen LogP contribution in [0.15, 0.2) is 36.0 Å². The zero-order valence-corrected chi connectivity index (χ0v) is 51.9. The van der Waals surface area contributed by atoms with E-state index < -0.39 is 181 Å². The van der Waals surface area contributed by atoms with Crippen LogP contribution in [0, 0.1) is 0 Å². The summed E-state index contributed by atoms with van der Waals surface area (Å²) in [5, 5.41) is 83.1. The third kappa shape index (κ3) is 28.2. The van der Waals surface area contributed by atoms with Crippen molar-refractivity contribution in [2.75, 3.05) is 32.1 Å². The average Bonchev–Trinajstić information content (AvgIpc) is 1.57. The molecule has 12 atom stereocenters. The molecule has 1 aliphatic heterocycles. The number of rotatable bonds is 30. The Balaban J connectivity index is 2.75. The van der Waals surface area contributed by atoms with Gasteiger partial charge in [-0.05, 0) is 89.6 Å². The first-order valence-corrected chi connectivity index (χ1v) is 30.8. The number of ether oxygens (including phenoxy) is 1. The number of carbonyl (C=O) groups is 12. The molecule has 0 saturated carbocycles. The van der Waals surface area contributed by atoms with E-state index >= 15 is 0 Å². The van der Waals surface area contributed by atoms with Crippen LogP contribution in [0.3, 0.4) is 0 Å². The zero-order valence-electron chi connectivity index (χ0n) is 51.2. The number of alkyl halides is 1. The topological polar surface area (TPSA) is 522 Å². The highest BCUT2D eigenvalue weighted by atomic mass is 35.5. The lowest BCUT2D eigenvalue weighted by atomic mass is 9.99. The summed E-state index contributed by atoms with van der Waals surface area (Å²) in [5.74, 6) is -17.9. The molecule has 21 N–H and O–H groups in total. The van der Waals surface area contributed by atoms with Gasteiger partial charge in [0.1, 0.15) is 54.6 Å². The van der Waals surface area contributed by atoms with Gasteiger partial charge in [-0.1, -0.05) is 95.1 Å². The molecule has 0 aromatic heterocycles. The van der Waals surface area contributed by atoms with E-state index in [2.05, 4.69) is 44.1 Å². The van der Waals surface area contributed by atoms with Gasteiger partial charge < -0.3 is 100 Å². The molecule has 1 aromatic rings. The standard InChI is InChI=1S/C58H93ClN12O19/c1-4-6-7-8-9-10-11-12-13-14-18-33-19-17-20-34(27-33)41(73)29-43(75)63-40-31-90-58(89)46(42(74)30-59)70-56(86)47(48(78)57(87)88)71-49(79)35(5-2)64-55(85)45(32(3)72)69-52(82)38(23-26-62)66-50(80)36(21-15-16-24-60)65-53(83)39(28-44(76)77)68-51(81)37(22-25-61)67-54(40)84/h5,17,19-20,27,32,36-42,45-48,72-74,78H,4,6-16,18,21-26,28-31,60-62H2,1-3H3,(H,63,75)(H,64,85)(H,65,83)(H,66,80)(H,67,84)(H,68,81)(H,69,82)(H,70,86)(H,71,79)(H,76,77)(H,87,88)/b35-5+/t32-,36-,37+,38-,39-,40-,41+,42+,45-,46-,47-,48?/m0/s1. The molecule has 1 heterocycles. The Morgan fingerprint density at radius 2 is 1.18 bits per heavy atom. The van der Waals surface area contributed by atoms with Crippen molar-refractivity contribution in [3.05, 3.63) is 47.2 Å². The summed E-state index contributed by atoms with van der Waals surface area (Å²) in [6.45, 7) is 2.61. The number of carboxylic acids is 2. The first kappa shape index (κ1) is 78.7. The van der Waals surface area contributed by atoms with Gasteiger partial charge in [-0.25, -0.2) is 9.59 Å². The fourth-order valence-corrected chi connectivity index (χ4v) is 9.46. The van der Waals surface area contributed by atoms with E-state index in [0.29, 0.717) is 12.0 Å². The highest BCUT2D eigenvalue weighted by Gasteiger charge is 2.41. The fraction of sp³-hybridized carbons (Fsp3) is 0.655. The Kier molecular flexibility index (Phi) is 37.2. The van der Waals surface area contributed by atoms with Crippen molar-refractivity contribution < 1.29 is 92.9 Å². The number of hydrogen-bond donors (Lipinski definition) is 18. The van der Waals surface area contributed by atoms with Gasteiger partial charge in [-0.2, -0.15) is 0 Å². The SMILES string of the molecule is C/C=C1/NC(=O)[C@H]([C@H](C)O)NC(=O)[C@H](CCN)NC(=O)[C@H](CCCCN)NC(=O)[C@H](CC(=O)O)NC(=O)[C@@H](CCN)NC(=O)[C@@H](NC(=O)C[C@@H](O)c2cccc(CCCCCCCCCCCC)c2)COC(=O)[C@H]([C@H](O)CCl)NC(=O)[C@H](C(O)C(=O)O)NC1=O. The second-order valence-corrected chi connectivity index (χ2v) is 22.1. The molecule has 9 amide bonds. The summed E-state index contributed by atoms with van der Waals surface area (Å²) in [6.07, 6.45) is 2.23. The molecule has 506 valence electrons. The highest BCUT2D eigenvalue weighted by molar-refractivity contribution is 6.18. The lowest BCUT2D eigenvalue weighted by Crippen LogP contribution is -2.62. The Bertz CT molecular complexity index is 2580. The van der Waals surface area contributed by atoms with Crippen molar-refractivity contribution in [1.29, 1.82) is 0 Å². The number of aryl methyl sites for hydroxylation is 1. The van der Waals surface area contributed by atoms with Gasteiger partial charge in [-0.15, -0.1) is 11.6 Å². The minimum Gasteiger partial charge on any atom is -0.481 e. The van der Waals surface area contributed by atoms with E-state index in [1.807, 2.05) is 16.7 Å². The first-order valence-electron chi connectivity index (χ1n) is 30.3. The second-order valence-electron chi connectivity index (χ2n) is 21.8. The van der Waals surface area contributed by atoms with Crippen LogP contribution >= 0.6 is 11.6 Å². The number of cyclic esters (lactones) is 1. The number of allylic oxidation sites excluding steroid dienone is 1. The maximum Gasteiger partial charge on any atom is 0.335 e. The number of halogens is 1. The molecule has 1 fully saturated rings. The van der Waals surface area contributed by atoms with Crippen LogP contribution < -0.4 is 65.1 Å². The van der Waals surface area contributed by atoms with Crippen LogP contribution in [0.4, 0.5) is 0 Å². The van der Waals surface area contributed by atoms with Crippen molar-refractivity contribution in [2.24, 2.45) is 17.2 Å². The fourth-order valence-electron chi connectivity index (χ4n) is 9.29. The molecule has 32 heteroatoms. The highest BCUT2D eigenvalue weighted by Crippen LogP contribution is 2.21. The second kappa shape index (κ2) is 42.6. The summed E-state index contributed by atoms with van der Waals surface area (Å²) in [7, 11) is 0. The Morgan fingerprint density at radius 1 is 0.644 bits per heavy atom. The number of esters is 1. The number of carbonyl (C=O) groups excluding carboxylic acids is 10. The molecule has 0 aliphatic carbocycles. The van der Waals surface area contributed by atoms with Crippen LogP contribution in [-0.4, -0.2) is 200 Å². The zero-order chi connectivity index (χ0) is 67.5. The van der Waals surface area contributed by atoms with E-state index in [1.54, 1.807) is 18.2 Å². The molecule has 1 aliphatic rings. The molecule has 1 saturated heterocycles. The third-order valence-corrected chi connectivity index (χ3v) is 14.7. The van der Waals surface area contributed by atoms with Gasteiger partial charge in [0.2, 0.25) is 47.3 Å². The lowest BCUT2D eigenvalue weighted by molar-refractivity contribution is -0.155. The van der Waals surface area contributed by atoms with Crippen molar-refractivity contribution in [3.8, 4) is 0 Å². The Hall–Kier alpha value is -7.39. The van der Waals surface area contributed by atoms with Crippen molar-refractivity contribution in [2.45, 2.75) is 209 Å². The average molecular weight is 1300 g/mol. The predicted molar refractivity (Wildman–Crippen MR) is 324 cm³/mol. The number of benzene rings is 1. The summed E-state index contributed by atoms with van der Waals surface area (Å²) in [6, 6.07) is -9.12. The Morgan fingerprint density at radius 3 is 1.71 bits per heavy atom. The van der Waals surface area contributed by atoms with E-state index in [1.165, 1.54) is 39.0 Å². The smallest absolute Gasteiger partial charge is 0.335 e. The normalized spacial score (nSPS) is 23.5. The number of unbranched alkanes of at least 4 members (excludes halogenated alkanes) is 10. The van der Waals surface area contributed by atoms with Gasteiger partial charge >= 0.3 is 17.9 Å². The summed E-state index contributed by atoms with van der Waals surface area (Å²) >= 11 is 5.89.